The maximum Gasteiger partial charge on any atom is 0.232 e. The predicted molar refractivity (Wildman–Crippen MR) is 109 cm³/mol. The number of ether oxygens (including phenoxy) is 2. The Morgan fingerprint density at radius 1 is 1.14 bits per heavy atom. The molecule has 0 N–H and O–H groups in total. The Hall–Kier alpha value is -2.70. The summed E-state index contributed by atoms with van der Waals surface area (Å²) < 4.78 is 16.8. The van der Waals surface area contributed by atoms with Crippen LogP contribution >= 0.6 is 0 Å². The number of methoxy groups -OCH3 is 1. The zero-order chi connectivity index (χ0) is 19.7. The van der Waals surface area contributed by atoms with Crippen molar-refractivity contribution in [3.05, 3.63) is 66.1 Å². The zero-order valence-corrected chi connectivity index (χ0v) is 16.6. The summed E-state index contributed by atoms with van der Waals surface area (Å²) in [5, 5.41) is 4.26. The van der Waals surface area contributed by atoms with Crippen LogP contribution in [0.3, 0.4) is 0 Å². The molecular formula is C23H25N3O3. The van der Waals surface area contributed by atoms with E-state index in [1.165, 1.54) is 5.56 Å². The van der Waals surface area contributed by atoms with Crippen molar-refractivity contribution in [2.45, 2.75) is 18.9 Å². The lowest BCUT2D eigenvalue weighted by molar-refractivity contribution is 0.138. The smallest absolute Gasteiger partial charge is 0.232 e. The van der Waals surface area contributed by atoms with Crippen LogP contribution in [0.15, 0.2) is 59.1 Å². The summed E-state index contributed by atoms with van der Waals surface area (Å²) >= 11 is 0. The molecule has 2 atom stereocenters. The molecule has 150 valence electrons. The molecule has 6 nitrogen and oxygen atoms in total. The first-order valence-corrected chi connectivity index (χ1v) is 10.1. The van der Waals surface area contributed by atoms with Crippen molar-refractivity contribution in [3.8, 4) is 17.1 Å². The Morgan fingerprint density at radius 2 is 1.97 bits per heavy atom. The fraction of sp³-hybridized carbons (Fsp3) is 0.391. The maximum absolute atomic E-state index is 5.82. The number of nitrogens with zero attached hydrogens (tertiary/aromatic N) is 3. The lowest BCUT2D eigenvalue weighted by atomic mass is 9.77. The molecule has 0 amide bonds. The van der Waals surface area contributed by atoms with Crippen LogP contribution in [0.5, 0.6) is 5.75 Å². The third-order valence-electron chi connectivity index (χ3n) is 6.19. The van der Waals surface area contributed by atoms with E-state index >= 15 is 0 Å². The molecule has 5 rings (SSSR count). The molecule has 2 aliphatic heterocycles. The van der Waals surface area contributed by atoms with Gasteiger partial charge in [0.2, 0.25) is 11.7 Å². The van der Waals surface area contributed by atoms with E-state index in [0.29, 0.717) is 5.82 Å². The molecule has 2 aliphatic rings. The molecule has 3 aromatic rings. The highest BCUT2D eigenvalue weighted by Crippen LogP contribution is 2.48. The van der Waals surface area contributed by atoms with E-state index < -0.39 is 0 Å². The lowest BCUT2D eigenvalue weighted by Gasteiger charge is -2.25. The first-order valence-electron chi connectivity index (χ1n) is 10.1. The second-order valence-electron chi connectivity index (χ2n) is 8.06. The number of hydrogen-bond acceptors (Lipinski definition) is 6. The highest BCUT2D eigenvalue weighted by molar-refractivity contribution is 5.55. The predicted octanol–water partition coefficient (Wildman–Crippen LogP) is 3.75. The topological polar surface area (TPSA) is 60.6 Å². The van der Waals surface area contributed by atoms with Gasteiger partial charge in [-0.25, -0.2) is 0 Å². The summed E-state index contributed by atoms with van der Waals surface area (Å²) in [4.78, 5) is 7.27. The largest absolute Gasteiger partial charge is 0.497 e. The normalized spacial score (nSPS) is 24.4. The highest BCUT2D eigenvalue weighted by Gasteiger charge is 2.51. The molecule has 0 radical (unpaired) electrons. The summed E-state index contributed by atoms with van der Waals surface area (Å²) in [6, 6.07) is 18.3. The Kier molecular flexibility index (Phi) is 4.81. The quantitative estimate of drug-likeness (QED) is 0.660. The van der Waals surface area contributed by atoms with Gasteiger partial charge >= 0.3 is 0 Å². The summed E-state index contributed by atoms with van der Waals surface area (Å²) in [5.74, 6) is 2.34. The van der Waals surface area contributed by atoms with Gasteiger partial charge in [0.25, 0.3) is 0 Å². The van der Waals surface area contributed by atoms with Crippen LogP contribution in [0.25, 0.3) is 11.4 Å². The van der Waals surface area contributed by atoms with Gasteiger partial charge in [-0.2, -0.15) is 4.98 Å². The Labute approximate surface area is 170 Å². The SMILES string of the molecule is COc1ccc(-c2noc(C3CN(Cc4ccccc4)CC34CCOC4)n2)cc1. The molecule has 0 bridgehead atoms. The third kappa shape index (κ3) is 3.54. The average molecular weight is 391 g/mol. The van der Waals surface area contributed by atoms with E-state index in [9.17, 15) is 0 Å². The van der Waals surface area contributed by atoms with Gasteiger partial charge in [-0.3, -0.25) is 4.90 Å². The first-order chi connectivity index (χ1) is 14.3. The molecule has 29 heavy (non-hydrogen) atoms. The Morgan fingerprint density at radius 3 is 2.69 bits per heavy atom. The monoisotopic (exact) mass is 391 g/mol. The minimum Gasteiger partial charge on any atom is -0.497 e. The van der Waals surface area contributed by atoms with Crippen molar-refractivity contribution in [1.29, 1.82) is 0 Å². The van der Waals surface area contributed by atoms with Gasteiger partial charge in [-0.1, -0.05) is 35.5 Å². The van der Waals surface area contributed by atoms with Gasteiger partial charge in [0.05, 0.1) is 19.6 Å². The molecular weight excluding hydrogens is 366 g/mol. The van der Waals surface area contributed by atoms with E-state index in [1.54, 1.807) is 7.11 Å². The minimum absolute atomic E-state index is 0.0541. The minimum atomic E-state index is 0.0541. The van der Waals surface area contributed by atoms with E-state index in [2.05, 4.69) is 40.4 Å². The summed E-state index contributed by atoms with van der Waals surface area (Å²) in [5.41, 5.74) is 2.31. The molecule has 2 unspecified atom stereocenters. The fourth-order valence-electron chi connectivity index (χ4n) is 4.63. The maximum atomic E-state index is 5.82. The molecule has 1 spiro atoms. The van der Waals surface area contributed by atoms with Crippen LogP contribution in [0.4, 0.5) is 0 Å². The van der Waals surface area contributed by atoms with Crippen molar-refractivity contribution in [2.24, 2.45) is 5.41 Å². The molecule has 3 heterocycles. The third-order valence-corrected chi connectivity index (χ3v) is 6.19. The summed E-state index contributed by atoms with van der Waals surface area (Å²) in [6.07, 6.45) is 1.03. The summed E-state index contributed by atoms with van der Waals surface area (Å²) in [6.45, 7) is 4.38. The van der Waals surface area contributed by atoms with E-state index in [4.69, 9.17) is 19.0 Å². The highest BCUT2D eigenvalue weighted by atomic mass is 16.5. The second-order valence-corrected chi connectivity index (χ2v) is 8.06. The first kappa shape index (κ1) is 18.3. The van der Waals surface area contributed by atoms with E-state index in [1.807, 2.05) is 24.3 Å². The number of hydrogen-bond donors (Lipinski definition) is 0. The van der Waals surface area contributed by atoms with Crippen molar-refractivity contribution in [2.75, 3.05) is 33.4 Å². The van der Waals surface area contributed by atoms with Gasteiger partial charge in [0, 0.05) is 37.2 Å². The fourth-order valence-corrected chi connectivity index (χ4v) is 4.63. The Balaban J connectivity index is 1.39. The molecule has 0 aliphatic carbocycles. The second kappa shape index (κ2) is 7.61. The van der Waals surface area contributed by atoms with Crippen LogP contribution in [0.2, 0.25) is 0 Å². The molecule has 0 saturated carbocycles. The van der Waals surface area contributed by atoms with Gasteiger partial charge in [0.15, 0.2) is 0 Å². The van der Waals surface area contributed by atoms with Gasteiger partial charge < -0.3 is 14.0 Å². The molecule has 1 aromatic heterocycles. The van der Waals surface area contributed by atoms with Crippen LogP contribution in [0.1, 0.15) is 23.8 Å². The van der Waals surface area contributed by atoms with Crippen LogP contribution in [-0.2, 0) is 11.3 Å². The Bertz CT molecular complexity index is 949. The van der Waals surface area contributed by atoms with E-state index in [0.717, 1.165) is 56.5 Å². The van der Waals surface area contributed by atoms with Crippen molar-refractivity contribution >= 4 is 0 Å². The average Bonchev–Trinajstić information content (AvgIpc) is 3.50. The van der Waals surface area contributed by atoms with Gasteiger partial charge in [-0.15, -0.1) is 0 Å². The van der Waals surface area contributed by atoms with Crippen LogP contribution in [-0.4, -0.2) is 48.5 Å². The number of aromatic nitrogens is 2. The van der Waals surface area contributed by atoms with Gasteiger partial charge in [0.1, 0.15) is 5.75 Å². The van der Waals surface area contributed by atoms with Crippen LogP contribution in [0, 0.1) is 5.41 Å². The molecule has 2 fully saturated rings. The summed E-state index contributed by atoms with van der Waals surface area (Å²) in [7, 11) is 1.66. The molecule has 2 aromatic carbocycles. The van der Waals surface area contributed by atoms with Crippen molar-refractivity contribution < 1.29 is 14.0 Å². The van der Waals surface area contributed by atoms with Crippen molar-refractivity contribution in [1.82, 2.24) is 15.0 Å². The number of likely N-dealkylation sites (tertiary alicyclic amines) is 1. The number of benzene rings is 2. The van der Waals surface area contributed by atoms with Crippen molar-refractivity contribution in [3.63, 3.8) is 0 Å². The standard InChI is InChI=1S/C23H25N3O3/c1-27-19-9-7-18(8-10-19)21-24-22(29-25-21)20-14-26(13-17-5-3-2-4-6-17)15-23(20)11-12-28-16-23/h2-10,20H,11-16H2,1H3. The van der Waals surface area contributed by atoms with Crippen LogP contribution < -0.4 is 4.74 Å². The zero-order valence-electron chi connectivity index (χ0n) is 16.6. The molecule has 6 heteroatoms. The van der Waals surface area contributed by atoms with E-state index in [-0.39, 0.29) is 11.3 Å². The molecule has 2 saturated heterocycles. The van der Waals surface area contributed by atoms with Gasteiger partial charge in [-0.05, 0) is 36.2 Å². The number of rotatable bonds is 5. The lowest BCUT2D eigenvalue weighted by Crippen LogP contribution is -2.30.